The van der Waals surface area contributed by atoms with Gasteiger partial charge in [0.15, 0.2) is 5.65 Å². The molecule has 2 amide bonds. The Morgan fingerprint density at radius 2 is 1.73 bits per heavy atom. The molecule has 0 fully saturated rings. The molecule has 0 saturated carbocycles. The molecule has 0 radical (unpaired) electrons. The van der Waals surface area contributed by atoms with Crippen LogP contribution in [0.2, 0.25) is 5.02 Å². The van der Waals surface area contributed by atoms with Gasteiger partial charge in [-0.2, -0.15) is 13.2 Å². The summed E-state index contributed by atoms with van der Waals surface area (Å²) in [7, 11) is 0. The summed E-state index contributed by atoms with van der Waals surface area (Å²) in [6.07, 6.45) is -6.64. The fourth-order valence-electron chi connectivity index (χ4n) is 4.98. The molecule has 44 heavy (non-hydrogen) atoms. The number of halogens is 8. The van der Waals surface area contributed by atoms with Gasteiger partial charge in [0.2, 0.25) is 5.82 Å². The molecule has 0 spiro atoms. The predicted molar refractivity (Wildman–Crippen MR) is 143 cm³/mol. The van der Waals surface area contributed by atoms with Crippen LogP contribution in [-0.2, 0) is 6.18 Å². The maximum atomic E-state index is 14.2. The summed E-state index contributed by atoms with van der Waals surface area (Å²) < 4.78 is 96.4. The van der Waals surface area contributed by atoms with Crippen LogP contribution in [0.5, 0.6) is 0 Å². The van der Waals surface area contributed by atoms with Crippen LogP contribution in [0.25, 0.3) is 16.8 Å². The first-order valence-electron chi connectivity index (χ1n) is 12.6. The molecule has 0 unspecified atom stereocenters. The third-order valence-corrected chi connectivity index (χ3v) is 7.29. The summed E-state index contributed by atoms with van der Waals surface area (Å²) in [5.41, 5.74) is -1.46. The lowest BCUT2D eigenvalue weighted by molar-refractivity contribution is -0.137. The van der Waals surface area contributed by atoms with Crippen LogP contribution in [0, 0.1) is 11.6 Å². The lowest BCUT2D eigenvalue weighted by Gasteiger charge is -2.19. The molecule has 6 rings (SSSR count). The molecule has 2 N–H and O–H groups in total. The Morgan fingerprint density at radius 3 is 2.45 bits per heavy atom. The Balaban J connectivity index is 1.52. The van der Waals surface area contributed by atoms with Crippen LogP contribution >= 0.6 is 11.6 Å². The zero-order valence-corrected chi connectivity index (χ0v) is 22.4. The van der Waals surface area contributed by atoms with E-state index in [1.807, 2.05) is 0 Å². The quantitative estimate of drug-likeness (QED) is 0.198. The largest absolute Gasteiger partial charge is 0.416 e. The van der Waals surface area contributed by atoms with Crippen LogP contribution in [0.4, 0.5) is 36.4 Å². The number of alkyl halides is 5. The number of aromatic nitrogens is 3. The number of nitrogens with one attached hydrogen (secondary N) is 2. The summed E-state index contributed by atoms with van der Waals surface area (Å²) in [6.45, 7) is 0. The van der Waals surface area contributed by atoms with E-state index in [1.54, 1.807) is 0 Å². The van der Waals surface area contributed by atoms with Gasteiger partial charge < -0.3 is 10.6 Å². The number of pyridine rings is 1. The van der Waals surface area contributed by atoms with E-state index in [-0.39, 0.29) is 50.2 Å². The minimum Gasteiger partial charge on any atom is -0.341 e. The number of hydrogen-bond acceptors (Lipinski definition) is 4. The number of rotatable bonds is 5. The van der Waals surface area contributed by atoms with E-state index in [2.05, 4.69) is 20.8 Å². The average Bonchev–Trinajstić information content (AvgIpc) is 3.54. The molecule has 5 aromatic rings. The first kappa shape index (κ1) is 29.1. The van der Waals surface area contributed by atoms with Gasteiger partial charge in [-0.05, 0) is 71.8 Å². The summed E-state index contributed by atoms with van der Waals surface area (Å²) in [6, 6.07) is 9.20. The zero-order valence-electron chi connectivity index (χ0n) is 21.7. The van der Waals surface area contributed by atoms with Gasteiger partial charge >= 0.3 is 6.18 Å². The van der Waals surface area contributed by atoms with Gasteiger partial charge in [-0.15, -0.1) is 10.2 Å². The molecule has 3 aromatic carbocycles. The van der Waals surface area contributed by atoms with Gasteiger partial charge in [0.25, 0.3) is 18.2 Å². The van der Waals surface area contributed by atoms with Crippen molar-refractivity contribution in [2.75, 3.05) is 5.32 Å². The molecule has 3 heterocycles. The normalized spacial score (nSPS) is 14.7. The smallest absolute Gasteiger partial charge is 0.341 e. The standard InChI is InChI=1S/C29H15ClF7N5O2/c30-20-3-2-16(31)10-18(20)24-23-19(28(44)39-24)7-13(12-1-4-22-40-41-26(25(33)34)42(22)11-12)8-21(23)38-27(43)14-5-15(29(35,36)37)9-17(32)6-14/h1-11,24-25H,(H,38,43)(H,39,44)/t24-/m1/s1. The van der Waals surface area contributed by atoms with Crippen LogP contribution in [0.3, 0.4) is 0 Å². The summed E-state index contributed by atoms with van der Waals surface area (Å²) >= 11 is 6.30. The fraction of sp³-hybridized carbons (Fsp3) is 0.103. The van der Waals surface area contributed by atoms with Gasteiger partial charge in [-0.25, -0.2) is 17.6 Å². The van der Waals surface area contributed by atoms with Crippen molar-refractivity contribution in [1.29, 1.82) is 0 Å². The number of anilines is 1. The van der Waals surface area contributed by atoms with Crippen LogP contribution in [0.15, 0.2) is 66.9 Å². The molecule has 0 aliphatic carbocycles. The fourth-order valence-corrected chi connectivity index (χ4v) is 5.21. The van der Waals surface area contributed by atoms with E-state index in [1.165, 1.54) is 36.5 Å². The van der Waals surface area contributed by atoms with E-state index in [0.717, 1.165) is 16.5 Å². The second-order valence-corrected chi connectivity index (χ2v) is 10.1. The van der Waals surface area contributed by atoms with Crippen LogP contribution in [0.1, 0.15) is 55.7 Å². The first-order valence-corrected chi connectivity index (χ1v) is 12.9. The Labute approximate surface area is 247 Å². The Hall–Kier alpha value is -4.98. The highest BCUT2D eigenvalue weighted by atomic mass is 35.5. The number of carbonyl (C=O) groups excluding carboxylic acids is 2. The summed E-state index contributed by atoms with van der Waals surface area (Å²) in [4.78, 5) is 26.4. The van der Waals surface area contributed by atoms with E-state index in [0.29, 0.717) is 12.1 Å². The van der Waals surface area contributed by atoms with Gasteiger partial charge in [-0.3, -0.25) is 14.0 Å². The monoisotopic (exact) mass is 633 g/mol. The highest BCUT2D eigenvalue weighted by Gasteiger charge is 2.36. The average molecular weight is 634 g/mol. The molecule has 15 heteroatoms. The summed E-state index contributed by atoms with van der Waals surface area (Å²) in [5.74, 6) is -4.49. The molecule has 1 aliphatic rings. The molecule has 7 nitrogen and oxygen atoms in total. The minimum atomic E-state index is -4.95. The molecular weight excluding hydrogens is 619 g/mol. The number of fused-ring (bicyclic) bond motifs is 2. The van der Waals surface area contributed by atoms with Crippen molar-refractivity contribution in [3.63, 3.8) is 0 Å². The third-order valence-electron chi connectivity index (χ3n) is 6.95. The Morgan fingerprint density at radius 1 is 0.955 bits per heavy atom. The van der Waals surface area contributed by atoms with Crippen LogP contribution < -0.4 is 10.6 Å². The van der Waals surface area contributed by atoms with Crippen LogP contribution in [-0.4, -0.2) is 26.4 Å². The topological polar surface area (TPSA) is 88.4 Å². The molecular formula is C29H15ClF7N5O2. The van der Waals surface area contributed by atoms with Crippen molar-refractivity contribution >= 4 is 34.7 Å². The Bertz CT molecular complexity index is 1990. The minimum absolute atomic E-state index is 0.0312. The van der Waals surface area contributed by atoms with Gasteiger partial charge in [0.1, 0.15) is 11.6 Å². The summed E-state index contributed by atoms with van der Waals surface area (Å²) in [5, 5.41) is 12.3. The maximum Gasteiger partial charge on any atom is 0.416 e. The maximum absolute atomic E-state index is 14.2. The lowest BCUT2D eigenvalue weighted by Crippen LogP contribution is -2.21. The predicted octanol–water partition coefficient (Wildman–Crippen LogP) is 7.37. The number of hydrogen-bond donors (Lipinski definition) is 2. The SMILES string of the molecule is O=C(Nc1cc(-c2ccc3nnc(C(F)F)n3c2)cc2c1[C@@H](c1cc(F)ccc1Cl)NC2=O)c1cc(F)cc(C(F)(F)F)c1. The molecule has 2 aromatic heterocycles. The van der Waals surface area contributed by atoms with E-state index >= 15 is 0 Å². The van der Waals surface area contributed by atoms with E-state index < -0.39 is 59.0 Å². The van der Waals surface area contributed by atoms with Crippen molar-refractivity contribution in [3.05, 3.63) is 117 Å². The number of amides is 2. The molecule has 224 valence electrons. The van der Waals surface area contributed by atoms with Crippen molar-refractivity contribution in [2.24, 2.45) is 0 Å². The highest BCUT2D eigenvalue weighted by molar-refractivity contribution is 6.31. The Kier molecular flexibility index (Phi) is 7.03. The number of carbonyl (C=O) groups is 2. The molecule has 1 aliphatic heterocycles. The molecule has 0 bridgehead atoms. The van der Waals surface area contributed by atoms with Crippen molar-refractivity contribution in [1.82, 2.24) is 19.9 Å². The van der Waals surface area contributed by atoms with E-state index in [9.17, 15) is 40.3 Å². The number of nitrogens with zero attached hydrogens (tertiary/aromatic N) is 3. The van der Waals surface area contributed by atoms with E-state index in [4.69, 9.17) is 11.6 Å². The van der Waals surface area contributed by atoms with Crippen molar-refractivity contribution < 1.29 is 40.3 Å². The second-order valence-electron chi connectivity index (χ2n) is 9.74. The number of benzene rings is 3. The lowest BCUT2D eigenvalue weighted by atomic mass is 9.93. The zero-order chi connectivity index (χ0) is 31.5. The third kappa shape index (κ3) is 5.21. The van der Waals surface area contributed by atoms with Gasteiger partial charge in [0, 0.05) is 39.2 Å². The van der Waals surface area contributed by atoms with Gasteiger partial charge in [0.05, 0.1) is 11.6 Å². The highest BCUT2D eigenvalue weighted by Crippen LogP contribution is 2.42. The molecule has 0 saturated heterocycles. The second kappa shape index (κ2) is 10.6. The molecule has 1 atom stereocenters. The van der Waals surface area contributed by atoms with Gasteiger partial charge in [-0.1, -0.05) is 11.6 Å². The van der Waals surface area contributed by atoms with Crippen molar-refractivity contribution in [3.8, 4) is 11.1 Å². The first-order chi connectivity index (χ1) is 20.8. The van der Waals surface area contributed by atoms with Crippen molar-refractivity contribution in [2.45, 2.75) is 18.6 Å².